The van der Waals surface area contributed by atoms with Gasteiger partial charge in [-0.1, -0.05) is 0 Å². The van der Waals surface area contributed by atoms with Crippen molar-refractivity contribution in [2.75, 3.05) is 7.11 Å². The lowest BCUT2D eigenvalue weighted by atomic mass is 10.3. The largest absolute Gasteiger partial charge is 0.490 e. The normalized spacial score (nSPS) is 10.4. The molecular formula is C8H6F4O2. The molecule has 78 valence electrons. The van der Waals surface area contributed by atoms with Crippen LogP contribution in [-0.4, -0.2) is 13.7 Å². The number of methoxy groups -OCH3 is 1. The average Bonchev–Trinajstić information content (AvgIpc) is 2.11. The van der Waals surface area contributed by atoms with Crippen molar-refractivity contribution in [1.82, 2.24) is 0 Å². The Balaban J connectivity index is 3.10. The summed E-state index contributed by atoms with van der Waals surface area (Å²) in [7, 11) is 1.02. The number of rotatable bonds is 3. The van der Waals surface area contributed by atoms with Crippen molar-refractivity contribution in [3.05, 3.63) is 23.8 Å². The summed E-state index contributed by atoms with van der Waals surface area (Å²) < 4.78 is 57.3. The summed E-state index contributed by atoms with van der Waals surface area (Å²) in [4.78, 5) is 0. The molecule has 0 spiro atoms. The summed E-state index contributed by atoms with van der Waals surface area (Å²) in [5.74, 6) is -3.76. The second-order valence-electron chi connectivity index (χ2n) is 2.27. The van der Waals surface area contributed by atoms with Crippen LogP contribution < -0.4 is 9.47 Å². The average molecular weight is 210 g/mol. The fourth-order valence-electron chi connectivity index (χ4n) is 0.893. The van der Waals surface area contributed by atoms with Gasteiger partial charge in [0, 0.05) is 0 Å². The third kappa shape index (κ3) is 2.07. The molecule has 0 N–H and O–H groups in total. The summed E-state index contributed by atoms with van der Waals surface area (Å²) in [6.45, 7) is -3.12. The zero-order valence-electron chi connectivity index (χ0n) is 7.06. The molecule has 2 nitrogen and oxygen atoms in total. The quantitative estimate of drug-likeness (QED) is 0.714. The van der Waals surface area contributed by atoms with E-state index in [4.69, 9.17) is 0 Å². The Bertz CT molecular complexity index is 327. The monoisotopic (exact) mass is 210 g/mol. The molecular weight excluding hydrogens is 204 g/mol. The van der Waals surface area contributed by atoms with Crippen LogP contribution in [0.4, 0.5) is 17.6 Å². The third-order valence-electron chi connectivity index (χ3n) is 1.43. The third-order valence-corrected chi connectivity index (χ3v) is 1.43. The van der Waals surface area contributed by atoms with Crippen LogP contribution in [0, 0.1) is 11.6 Å². The van der Waals surface area contributed by atoms with E-state index in [1.165, 1.54) is 0 Å². The van der Waals surface area contributed by atoms with Crippen molar-refractivity contribution in [2.24, 2.45) is 0 Å². The lowest BCUT2D eigenvalue weighted by Crippen LogP contribution is -2.05. The summed E-state index contributed by atoms with van der Waals surface area (Å²) in [5.41, 5.74) is 0. The predicted molar refractivity (Wildman–Crippen MR) is 39.5 cm³/mol. The van der Waals surface area contributed by atoms with Gasteiger partial charge < -0.3 is 9.47 Å². The van der Waals surface area contributed by atoms with Crippen LogP contribution in [0.2, 0.25) is 0 Å². The molecule has 0 heterocycles. The fraction of sp³-hybridized carbons (Fsp3) is 0.250. The van der Waals surface area contributed by atoms with Crippen LogP contribution in [0.5, 0.6) is 11.5 Å². The molecule has 1 aromatic carbocycles. The molecule has 0 radical (unpaired) electrons. The van der Waals surface area contributed by atoms with Crippen LogP contribution in [-0.2, 0) is 0 Å². The van der Waals surface area contributed by atoms with Crippen LogP contribution in [0.15, 0.2) is 12.1 Å². The Hall–Kier alpha value is -1.46. The van der Waals surface area contributed by atoms with E-state index in [9.17, 15) is 17.6 Å². The number of alkyl halides is 2. The van der Waals surface area contributed by atoms with Crippen LogP contribution >= 0.6 is 0 Å². The highest BCUT2D eigenvalue weighted by atomic mass is 19.3. The van der Waals surface area contributed by atoms with Crippen molar-refractivity contribution in [3.63, 3.8) is 0 Å². The van der Waals surface area contributed by atoms with Crippen molar-refractivity contribution in [1.29, 1.82) is 0 Å². The van der Waals surface area contributed by atoms with E-state index in [1.807, 2.05) is 0 Å². The van der Waals surface area contributed by atoms with Gasteiger partial charge in [0.1, 0.15) is 0 Å². The molecule has 0 aliphatic carbocycles. The maximum Gasteiger partial charge on any atom is 0.387 e. The molecule has 6 heteroatoms. The highest BCUT2D eigenvalue weighted by molar-refractivity contribution is 5.41. The Kier molecular flexibility index (Phi) is 3.16. The summed E-state index contributed by atoms with van der Waals surface area (Å²) in [6, 6.07) is 1.54. The molecule has 0 unspecified atom stereocenters. The first-order valence-electron chi connectivity index (χ1n) is 3.53. The van der Waals surface area contributed by atoms with Gasteiger partial charge >= 0.3 is 6.61 Å². The Morgan fingerprint density at radius 3 is 2.36 bits per heavy atom. The fourth-order valence-corrected chi connectivity index (χ4v) is 0.893. The second kappa shape index (κ2) is 4.17. The zero-order valence-corrected chi connectivity index (χ0v) is 7.06. The van der Waals surface area contributed by atoms with Crippen molar-refractivity contribution in [2.45, 2.75) is 6.61 Å². The number of ether oxygens (including phenoxy) is 2. The minimum atomic E-state index is -3.12. The van der Waals surface area contributed by atoms with E-state index in [0.29, 0.717) is 6.07 Å². The summed E-state index contributed by atoms with van der Waals surface area (Å²) in [5, 5.41) is 0. The molecule has 1 rings (SSSR count). The van der Waals surface area contributed by atoms with Gasteiger partial charge in [-0.25, -0.2) is 4.39 Å². The first-order chi connectivity index (χ1) is 6.56. The minimum absolute atomic E-state index is 0.540. The molecule has 0 saturated heterocycles. The van der Waals surface area contributed by atoms with Gasteiger partial charge in [0.2, 0.25) is 5.82 Å². The maximum absolute atomic E-state index is 12.9. The van der Waals surface area contributed by atoms with E-state index in [2.05, 4.69) is 9.47 Å². The van der Waals surface area contributed by atoms with E-state index in [1.54, 1.807) is 0 Å². The standard InChI is InChI=1S/C8H6F4O2/c1-13-7-5(14-8(11)12)3-2-4(9)6(7)10/h2-3,8H,1H3. The van der Waals surface area contributed by atoms with Crippen molar-refractivity contribution < 1.29 is 27.0 Å². The van der Waals surface area contributed by atoms with E-state index in [-0.39, 0.29) is 0 Å². The molecule has 0 amide bonds. The maximum atomic E-state index is 12.9. The summed E-state index contributed by atoms with van der Waals surface area (Å²) >= 11 is 0. The summed E-state index contributed by atoms with van der Waals surface area (Å²) in [6.07, 6.45) is 0. The Labute approximate surface area is 77.1 Å². The van der Waals surface area contributed by atoms with Gasteiger partial charge in [-0.2, -0.15) is 13.2 Å². The minimum Gasteiger partial charge on any atom is -0.490 e. The molecule has 0 atom stereocenters. The smallest absolute Gasteiger partial charge is 0.387 e. The molecule has 1 aromatic rings. The first kappa shape index (κ1) is 10.6. The number of hydrogen-bond acceptors (Lipinski definition) is 2. The molecule has 0 aromatic heterocycles. The van der Waals surface area contributed by atoms with Gasteiger partial charge in [-0.3, -0.25) is 0 Å². The van der Waals surface area contributed by atoms with Crippen molar-refractivity contribution in [3.8, 4) is 11.5 Å². The number of halogens is 4. The molecule has 0 saturated carbocycles. The molecule has 0 aliphatic rings. The van der Waals surface area contributed by atoms with Crippen LogP contribution in [0.3, 0.4) is 0 Å². The first-order valence-corrected chi connectivity index (χ1v) is 3.53. The van der Waals surface area contributed by atoms with Crippen molar-refractivity contribution >= 4 is 0 Å². The SMILES string of the molecule is COc1c(OC(F)F)ccc(F)c1F. The van der Waals surface area contributed by atoms with E-state index < -0.39 is 29.7 Å². The molecule has 0 aliphatic heterocycles. The highest BCUT2D eigenvalue weighted by Crippen LogP contribution is 2.32. The Morgan fingerprint density at radius 1 is 1.21 bits per heavy atom. The zero-order chi connectivity index (χ0) is 10.7. The lowest BCUT2D eigenvalue weighted by molar-refractivity contribution is -0.0515. The second-order valence-corrected chi connectivity index (χ2v) is 2.27. The van der Waals surface area contributed by atoms with Gasteiger partial charge in [0.15, 0.2) is 17.3 Å². The predicted octanol–water partition coefficient (Wildman–Crippen LogP) is 2.57. The van der Waals surface area contributed by atoms with Gasteiger partial charge in [-0.05, 0) is 12.1 Å². The van der Waals surface area contributed by atoms with Gasteiger partial charge in [-0.15, -0.1) is 0 Å². The Morgan fingerprint density at radius 2 is 1.86 bits per heavy atom. The molecule has 0 fully saturated rings. The highest BCUT2D eigenvalue weighted by Gasteiger charge is 2.17. The van der Waals surface area contributed by atoms with E-state index in [0.717, 1.165) is 13.2 Å². The molecule has 14 heavy (non-hydrogen) atoms. The molecule has 0 bridgehead atoms. The van der Waals surface area contributed by atoms with Crippen LogP contribution in [0.25, 0.3) is 0 Å². The topological polar surface area (TPSA) is 18.5 Å². The van der Waals surface area contributed by atoms with E-state index >= 15 is 0 Å². The lowest BCUT2D eigenvalue weighted by Gasteiger charge is -2.10. The van der Waals surface area contributed by atoms with Gasteiger partial charge in [0.05, 0.1) is 7.11 Å². The number of benzene rings is 1. The van der Waals surface area contributed by atoms with Crippen LogP contribution in [0.1, 0.15) is 0 Å². The number of hydrogen-bond donors (Lipinski definition) is 0. The van der Waals surface area contributed by atoms with Gasteiger partial charge in [0.25, 0.3) is 0 Å².